The van der Waals surface area contributed by atoms with E-state index in [0.717, 1.165) is 17.0 Å². The summed E-state index contributed by atoms with van der Waals surface area (Å²) in [5.74, 6) is -3.93. The molecule has 1 aliphatic heterocycles. The standard InChI is InChI=1S/C19H16Br2ClF3N2O5/c20-11-4-9-10(5-12(11)21)18(31)27(17(9)30)6-16(29)32-7-15(28)26-14-3-8(19(23,24)25)1-2-13(14)22/h1-3,9-12H,4-7H2,(H,26,28)/t9-,10-,11+,12+/m1/s1. The Kier molecular flexibility index (Phi) is 7.55. The molecule has 2 aliphatic rings. The molecule has 1 aromatic rings. The Morgan fingerprint density at radius 3 is 2.22 bits per heavy atom. The number of alkyl halides is 5. The van der Waals surface area contributed by atoms with Crippen molar-refractivity contribution in [1.29, 1.82) is 0 Å². The van der Waals surface area contributed by atoms with Gasteiger partial charge in [0.1, 0.15) is 6.54 Å². The Morgan fingerprint density at radius 2 is 1.69 bits per heavy atom. The average molecular weight is 605 g/mol. The lowest BCUT2D eigenvalue weighted by atomic mass is 9.81. The SMILES string of the molecule is O=C(COC(=O)CN1C(=O)[C@@H]2C[C@H](Br)[C@@H](Br)C[C@H]2C1=O)Nc1cc(C(F)(F)F)ccc1Cl. The van der Waals surface area contributed by atoms with Crippen molar-refractivity contribution < 1.29 is 37.1 Å². The molecule has 7 nitrogen and oxygen atoms in total. The number of imide groups is 1. The highest BCUT2D eigenvalue weighted by molar-refractivity contribution is 9.12. The molecule has 1 N–H and O–H groups in total. The van der Waals surface area contributed by atoms with E-state index in [1.807, 2.05) is 0 Å². The average Bonchev–Trinajstić information content (AvgIpc) is 2.92. The van der Waals surface area contributed by atoms with E-state index in [0.29, 0.717) is 18.9 Å². The molecule has 2 fully saturated rings. The maximum Gasteiger partial charge on any atom is 0.416 e. The van der Waals surface area contributed by atoms with Crippen molar-refractivity contribution >= 4 is 72.8 Å². The van der Waals surface area contributed by atoms with Gasteiger partial charge in [-0.1, -0.05) is 43.5 Å². The van der Waals surface area contributed by atoms with Crippen molar-refractivity contribution in [3.8, 4) is 0 Å². The summed E-state index contributed by atoms with van der Waals surface area (Å²) >= 11 is 12.7. The first-order valence-corrected chi connectivity index (χ1v) is 11.5. The Hall–Kier alpha value is -1.66. The number of esters is 1. The van der Waals surface area contributed by atoms with E-state index >= 15 is 0 Å². The fourth-order valence-corrected chi connectivity index (χ4v) is 5.03. The molecule has 1 saturated carbocycles. The number of fused-ring (bicyclic) bond motifs is 1. The Morgan fingerprint density at radius 1 is 1.12 bits per heavy atom. The van der Waals surface area contributed by atoms with E-state index in [1.165, 1.54) is 0 Å². The third kappa shape index (κ3) is 5.45. The van der Waals surface area contributed by atoms with E-state index in [1.54, 1.807) is 0 Å². The van der Waals surface area contributed by atoms with Crippen LogP contribution in [0.5, 0.6) is 0 Å². The number of nitrogens with one attached hydrogen (secondary N) is 1. The summed E-state index contributed by atoms with van der Waals surface area (Å²) in [6.07, 6.45) is -3.75. The van der Waals surface area contributed by atoms with Gasteiger partial charge >= 0.3 is 12.1 Å². The lowest BCUT2D eigenvalue weighted by Crippen LogP contribution is -2.37. The zero-order valence-electron chi connectivity index (χ0n) is 16.1. The Balaban J connectivity index is 1.55. The van der Waals surface area contributed by atoms with Gasteiger partial charge in [-0.05, 0) is 31.0 Å². The van der Waals surface area contributed by atoms with Gasteiger partial charge in [0, 0.05) is 9.65 Å². The first-order chi connectivity index (χ1) is 14.9. The fourth-order valence-electron chi connectivity index (χ4n) is 3.62. The number of anilines is 1. The summed E-state index contributed by atoms with van der Waals surface area (Å²) in [5, 5.41) is 2.00. The largest absolute Gasteiger partial charge is 0.454 e. The molecule has 3 rings (SSSR count). The van der Waals surface area contributed by atoms with Crippen molar-refractivity contribution in [3.05, 3.63) is 28.8 Å². The quantitative estimate of drug-likeness (QED) is 0.314. The van der Waals surface area contributed by atoms with Crippen LogP contribution in [-0.2, 0) is 30.1 Å². The van der Waals surface area contributed by atoms with Crippen LogP contribution < -0.4 is 5.32 Å². The molecule has 32 heavy (non-hydrogen) atoms. The van der Waals surface area contributed by atoms with Crippen LogP contribution in [-0.4, -0.2) is 51.4 Å². The Labute approximate surface area is 202 Å². The molecule has 0 spiro atoms. The summed E-state index contributed by atoms with van der Waals surface area (Å²) in [5.41, 5.74) is -1.32. The molecule has 13 heteroatoms. The van der Waals surface area contributed by atoms with Gasteiger partial charge in [-0.25, -0.2) is 0 Å². The molecular formula is C19H16Br2ClF3N2O5. The zero-order valence-corrected chi connectivity index (χ0v) is 20.1. The van der Waals surface area contributed by atoms with Crippen molar-refractivity contribution in [2.24, 2.45) is 11.8 Å². The molecule has 0 aromatic heterocycles. The van der Waals surface area contributed by atoms with Crippen molar-refractivity contribution in [2.45, 2.75) is 28.7 Å². The molecule has 0 radical (unpaired) electrons. The lowest BCUT2D eigenvalue weighted by molar-refractivity contribution is -0.154. The normalized spacial score (nSPS) is 25.5. The molecule has 3 amide bonds. The van der Waals surface area contributed by atoms with E-state index in [9.17, 15) is 32.3 Å². The van der Waals surface area contributed by atoms with Crippen molar-refractivity contribution in [3.63, 3.8) is 0 Å². The lowest BCUT2D eigenvalue weighted by Gasteiger charge is -2.29. The van der Waals surface area contributed by atoms with Crippen LogP contribution in [0.4, 0.5) is 18.9 Å². The fraction of sp³-hybridized carbons (Fsp3) is 0.474. The highest BCUT2D eigenvalue weighted by Gasteiger charge is 2.52. The minimum atomic E-state index is -4.63. The zero-order chi connectivity index (χ0) is 23.8. The van der Waals surface area contributed by atoms with Crippen LogP contribution in [0.3, 0.4) is 0 Å². The summed E-state index contributed by atoms with van der Waals surface area (Å²) in [6.45, 7) is -1.48. The second kappa shape index (κ2) is 9.68. The van der Waals surface area contributed by atoms with Gasteiger partial charge in [0.15, 0.2) is 6.61 Å². The Bertz CT molecular complexity index is 933. The number of halogens is 6. The first-order valence-electron chi connectivity index (χ1n) is 9.34. The summed E-state index contributed by atoms with van der Waals surface area (Å²) < 4.78 is 43.2. The molecule has 1 aliphatic carbocycles. The van der Waals surface area contributed by atoms with Crippen LogP contribution in [0.1, 0.15) is 18.4 Å². The topological polar surface area (TPSA) is 92.8 Å². The molecule has 0 unspecified atom stereocenters. The van der Waals surface area contributed by atoms with E-state index in [-0.39, 0.29) is 20.4 Å². The number of likely N-dealkylation sites (tertiary alicyclic amines) is 1. The number of carbonyl (C=O) groups is 4. The predicted octanol–water partition coefficient (Wildman–Crippen LogP) is 3.76. The molecule has 174 valence electrons. The highest BCUT2D eigenvalue weighted by atomic mass is 79.9. The van der Waals surface area contributed by atoms with Crippen LogP contribution in [0, 0.1) is 11.8 Å². The van der Waals surface area contributed by atoms with Gasteiger partial charge < -0.3 is 10.1 Å². The van der Waals surface area contributed by atoms with Crippen LogP contribution in [0.2, 0.25) is 5.02 Å². The molecule has 4 atom stereocenters. The number of ether oxygens (including phenoxy) is 1. The maximum atomic E-state index is 12.8. The number of rotatable bonds is 5. The molecule has 1 aromatic carbocycles. The van der Waals surface area contributed by atoms with Crippen LogP contribution in [0.25, 0.3) is 0 Å². The van der Waals surface area contributed by atoms with Gasteiger partial charge in [0.2, 0.25) is 11.8 Å². The van der Waals surface area contributed by atoms with Crippen LogP contribution >= 0.6 is 43.5 Å². The minimum absolute atomic E-state index is 0.0127. The highest BCUT2D eigenvalue weighted by Crippen LogP contribution is 2.43. The summed E-state index contributed by atoms with van der Waals surface area (Å²) in [7, 11) is 0. The number of hydrogen-bond donors (Lipinski definition) is 1. The van der Waals surface area contributed by atoms with Crippen molar-refractivity contribution in [2.75, 3.05) is 18.5 Å². The third-order valence-electron chi connectivity index (χ3n) is 5.22. The third-order valence-corrected chi connectivity index (χ3v) is 8.29. The van der Waals surface area contributed by atoms with E-state index < -0.39 is 60.4 Å². The number of carbonyl (C=O) groups excluding carboxylic acids is 4. The smallest absolute Gasteiger partial charge is 0.416 e. The molecular weight excluding hydrogens is 588 g/mol. The van der Waals surface area contributed by atoms with Gasteiger partial charge in [-0.2, -0.15) is 13.2 Å². The maximum absolute atomic E-state index is 12.8. The number of hydrogen-bond acceptors (Lipinski definition) is 5. The number of benzene rings is 1. The van der Waals surface area contributed by atoms with Gasteiger partial charge in [-0.15, -0.1) is 0 Å². The van der Waals surface area contributed by atoms with Gasteiger partial charge in [0.25, 0.3) is 5.91 Å². The summed E-state index contributed by atoms with van der Waals surface area (Å²) in [6, 6.07) is 2.39. The summed E-state index contributed by atoms with van der Waals surface area (Å²) in [4.78, 5) is 50.0. The van der Waals surface area contributed by atoms with Crippen molar-refractivity contribution in [1.82, 2.24) is 4.90 Å². The van der Waals surface area contributed by atoms with E-state index in [4.69, 9.17) is 16.3 Å². The minimum Gasteiger partial charge on any atom is -0.454 e. The molecule has 1 heterocycles. The molecule has 0 bridgehead atoms. The second-order valence-electron chi connectivity index (χ2n) is 7.38. The van der Waals surface area contributed by atoms with E-state index in [2.05, 4.69) is 37.2 Å². The number of amides is 3. The second-order valence-corrected chi connectivity index (χ2v) is 10.1. The monoisotopic (exact) mass is 602 g/mol. The predicted molar refractivity (Wildman–Crippen MR) is 114 cm³/mol. The first kappa shape index (κ1) is 25.0. The van der Waals surface area contributed by atoms with Gasteiger partial charge in [-0.3, -0.25) is 24.1 Å². The van der Waals surface area contributed by atoms with Crippen LogP contribution in [0.15, 0.2) is 18.2 Å². The number of nitrogens with zero attached hydrogens (tertiary/aromatic N) is 1. The van der Waals surface area contributed by atoms with Gasteiger partial charge in [0.05, 0.1) is 28.1 Å². The molecule has 1 saturated heterocycles.